The van der Waals surface area contributed by atoms with E-state index in [0.29, 0.717) is 12.4 Å². The molecule has 1 aromatic rings. The molecule has 1 atom stereocenters. The van der Waals surface area contributed by atoms with Crippen LogP contribution in [0.15, 0.2) is 18.2 Å². The number of halogens is 2. The first-order valence-corrected chi connectivity index (χ1v) is 6.94. The highest BCUT2D eigenvalue weighted by molar-refractivity contribution is 7.98. The molecule has 0 heterocycles. The Morgan fingerprint density at radius 3 is 2.61 bits per heavy atom. The maximum Gasteiger partial charge on any atom is 0.387 e. The van der Waals surface area contributed by atoms with E-state index in [1.165, 1.54) is 6.07 Å². The van der Waals surface area contributed by atoms with E-state index in [2.05, 4.69) is 4.74 Å². The minimum Gasteiger partial charge on any atom is -0.490 e. The molecule has 1 aromatic carbocycles. The molecule has 1 unspecified atom stereocenters. The molecule has 6 heteroatoms. The Labute approximate surface area is 110 Å². The summed E-state index contributed by atoms with van der Waals surface area (Å²) in [6.07, 6.45) is 1.96. The summed E-state index contributed by atoms with van der Waals surface area (Å²) in [5.41, 5.74) is 6.80. The summed E-state index contributed by atoms with van der Waals surface area (Å²) in [4.78, 5) is 0. The van der Waals surface area contributed by atoms with E-state index in [0.717, 1.165) is 11.3 Å². The molecule has 0 fully saturated rings. The molecular formula is C12H17F2NO2S. The summed E-state index contributed by atoms with van der Waals surface area (Å²) in [6.45, 7) is -0.712. The first kappa shape index (κ1) is 15.0. The third-order valence-electron chi connectivity index (χ3n) is 2.26. The maximum atomic E-state index is 12.2. The third kappa shape index (κ3) is 4.34. The first-order valence-electron chi connectivity index (χ1n) is 5.54. The third-order valence-corrected chi connectivity index (χ3v) is 2.95. The molecule has 0 aliphatic rings. The van der Waals surface area contributed by atoms with Crippen molar-refractivity contribution >= 4 is 11.8 Å². The van der Waals surface area contributed by atoms with E-state index >= 15 is 0 Å². The maximum absolute atomic E-state index is 12.2. The van der Waals surface area contributed by atoms with Crippen molar-refractivity contribution in [3.63, 3.8) is 0 Å². The quantitative estimate of drug-likeness (QED) is 0.832. The molecule has 0 spiro atoms. The molecule has 102 valence electrons. The molecule has 0 saturated heterocycles. The van der Waals surface area contributed by atoms with E-state index in [4.69, 9.17) is 10.5 Å². The summed E-state index contributed by atoms with van der Waals surface area (Å²) < 4.78 is 34.1. The lowest BCUT2D eigenvalue weighted by molar-refractivity contribution is -0.0514. The summed E-state index contributed by atoms with van der Waals surface area (Å²) >= 11 is 1.62. The monoisotopic (exact) mass is 277 g/mol. The van der Waals surface area contributed by atoms with Crippen LogP contribution in [0, 0.1) is 0 Å². The van der Waals surface area contributed by atoms with Crippen molar-refractivity contribution < 1.29 is 18.3 Å². The minimum absolute atomic E-state index is 0.0342. The van der Waals surface area contributed by atoms with Crippen molar-refractivity contribution in [1.29, 1.82) is 0 Å². The van der Waals surface area contributed by atoms with Gasteiger partial charge in [-0.15, -0.1) is 0 Å². The average Bonchev–Trinajstić information content (AvgIpc) is 2.31. The molecule has 2 N–H and O–H groups in total. The SMILES string of the molecule is CCOc1cc(C(N)CSC)ccc1OC(F)F. The number of nitrogens with two attached hydrogens (primary N) is 1. The summed E-state index contributed by atoms with van der Waals surface area (Å²) in [5.74, 6) is 1.08. The zero-order chi connectivity index (χ0) is 13.5. The van der Waals surface area contributed by atoms with Crippen LogP contribution in [0.25, 0.3) is 0 Å². The van der Waals surface area contributed by atoms with Gasteiger partial charge in [-0.3, -0.25) is 0 Å². The molecule has 0 radical (unpaired) electrons. The van der Waals surface area contributed by atoms with Gasteiger partial charge in [0.15, 0.2) is 11.5 Å². The predicted molar refractivity (Wildman–Crippen MR) is 69.6 cm³/mol. The Hall–Kier alpha value is -1.01. The van der Waals surface area contributed by atoms with Gasteiger partial charge in [-0.2, -0.15) is 20.5 Å². The number of thioether (sulfide) groups is 1. The fraction of sp³-hybridized carbons (Fsp3) is 0.500. The van der Waals surface area contributed by atoms with Crippen LogP contribution in [0.5, 0.6) is 11.5 Å². The van der Waals surface area contributed by atoms with Crippen molar-refractivity contribution in [3.05, 3.63) is 23.8 Å². The fourth-order valence-electron chi connectivity index (χ4n) is 1.49. The van der Waals surface area contributed by atoms with E-state index in [1.807, 2.05) is 6.26 Å². The van der Waals surface area contributed by atoms with Crippen molar-refractivity contribution in [3.8, 4) is 11.5 Å². The highest BCUT2D eigenvalue weighted by Gasteiger charge is 2.14. The largest absolute Gasteiger partial charge is 0.490 e. The Morgan fingerprint density at radius 2 is 2.06 bits per heavy atom. The number of benzene rings is 1. The first-order chi connectivity index (χ1) is 8.58. The topological polar surface area (TPSA) is 44.5 Å². The summed E-state index contributed by atoms with van der Waals surface area (Å²) in [5, 5.41) is 0. The van der Waals surface area contributed by atoms with Gasteiger partial charge in [0.2, 0.25) is 0 Å². The summed E-state index contributed by atoms with van der Waals surface area (Å²) in [7, 11) is 0. The molecule has 3 nitrogen and oxygen atoms in total. The van der Waals surface area contributed by atoms with Crippen LogP contribution in [0.4, 0.5) is 8.78 Å². The Bertz CT molecular complexity index is 377. The standard InChI is InChI=1S/C12H17F2NO2S/c1-3-16-11-6-8(9(15)7-18-2)4-5-10(11)17-12(13)14/h4-6,9,12H,3,7,15H2,1-2H3. The number of ether oxygens (including phenoxy) is 2. The summed E-state index contributed by atoms with van der Waals surface area (Å²) in [6, 6.07) is 4.65. The Kier molecular flexibility index (Phi) is 6.21. The van der Waals surface area contributed by atoms with Crippen LogP contribution in [0.3, 0.4) is 0 Å². The van der Waals surface area contributed by atoms with Crippen LogP contribution in [-0.4, -0.2) is 25.2 Å². The van der Waals surface area contributed by atoms with Crippen LogP contribution >= 0.6 is 11.8 Å². The molecule has 0 bridgehead atoms. The van der Waals surface area contributed by atoms with E-state index < -0.39 is 6.61 Å². The molecule has 18 heavy (non-hydrogen) atoms. The lowest BCUT2D eigenvalue weighted by Crippen LogP contribution is -2.13. The molecule has 0 amide bonds. The minimum atomic E-state index is -2.87. The molecule has 0 aliphatic heterocycles. The zero-order valence-electron chi connectivity index (χ0n) is 10.4. The van der Waals surface area contributed by atoms with Gasteiger partial charge in [-0.05, 0) is 30.9 Å². The normalized spacial score (nSPS) is 12.6. The van der Waals surface area contributed by atoms with Crippen molar-refractivity contribution in [2.24, 2.45) is 5.73 Å². The van der Waals surface area contributed by atoms with Gasteiger partial charge in [0.1, 0.15) is 0 Å². The van der Waals surface area contributed by atoms with Crippen LogP contribution in [-0.2, 0) is 0 Å². The van der Waals surface area contributed by atoms with Gasteiger partial charge in [-0.25, -0.2) is 0 Å². The molecule has 0 aliphatic carbocycles. The second-order valence-corrected chi connectivity index (χ2v) is 4.49. The molecular weight excluding hydrogens is 260 g/mol. The number of hydrogen-bond donors (Lipinski definition) is 1. The van der Waals surface area contributed by atoms with Gasteiger partial charge in [0, 0.05) is 11.8 Å². The van der Waals surface area contributed by atoms with E-state index in [9.17, 15) is 8.78 Å². The number of rotatable bonds is 7. The second-order valence-electron chi connectivity index (χ2n) is 3.58. The number of alkyl halides is 2. The van der Waals surface area contributed by atoms with Crippen LogP contribution in [0.2, 0.25) is 0 Å². The van der Waals surface area contributed by atoms with E-state index in [1.54, 1.807) is 30.8 Å². The Morgan fingerprint density at radius 1 is 1.33 bits per heavy atom. The highest BCUT2D eigenvalue weighted by atomic mass is 32.2. The Balaban J connectivity index is 2.94. The van der Waals surface area contributed by atoms with Gasteiger partial charge in [0.25, 0.3) is 0 Å². The van der Waals surface area contributed by atoms with Gasteiger partial charge >= 0.3 is 6.61 Å². The lowest BCUT2D eigenvalue weighted by atomic mass is 10.1. The zero-order valence-corrected chi connectivity index (χ0v) is 11.2. The van der Waals surface area contributed by atoms with Crippen LogP contribution < -0.4 is 15.2 Å². The average molecular weight is 277 g/mol. The van der Waals surface area contributed by atoms with Crippen LogP contribution in [0.1, 0.15) is 18.5 Å². The molecule has 0 saturated carbocycles. The highest BCUT2D eigenvalue weighted by Crippen LogP contribution is 2.31. The lowest BCUT2D eigenvalue weighted by Gasteiger charge is -2.15. The van der Waals surface area contributed by atoms with Gasteiger partial charge in [0.05, 0.1) is 6.61 Å². The van der Waals surface area contributed by atoms with Gasteiger partial charge in [-0.1, -0.05) is 6.07 Å². The fourth-order valence-corrected chi connectivity index (χ4v) is 2.04. The van der Waals surface area contributed by atoms with Crippen molar-refractivity contribution in [2.45, 2.75) is 19.6 Å². The van der Waals surface area contributed by atoms with E-state index in [-0.39, 0.29) is 11.8 Å². The molecule has 0 aromatic heterocycles. The van der Waals surface area contributed by atoms with Crippen molar-refractivity contribution in [2.75, 3.05) is 18.6 Å². The smallest absolute Gasteiger partial charge is 0.387 e. The number of hydrogen-bond acceptors (Lipinski definition) is 4. The second kappa shape index (κ2) is 7.43. The predicted octanol–water partition coefficient (Wildman–Crippen LogP) is 3.05. The van der Waals surface area contributed by atoms with Crippen molar-refractivity contribution in [1.82, 2.24) is 0 Å². The van der Waals surface area contributed by atoms with Gasteiger partial charge < -0.3 is 15.2 Å². The molecule has 1 rings (SSSR count).